The van der Waals surface area contributed by atoms with Crippen molar-refractivity contribution in [3.8, 4) is 0 Å². The van der Waals surface area contributed by atoms with Crippen molar-refractivity contribution < 1.29 is 4.74 Å². The van der Waals surface area contributed by atoms with Crippen LogP contribution >= 0.6 is 0 Å². The minimum Gasteiger partial charge on any atom is -0.367 e. The van der Waals surface area contributed by atoms with E-state index in [-0.39, 0.29) is 16.7 Å². The molecule has 3 unspecified atom stereocenters. The average molecular weight is 282 g/mol. The third kappa shape index (κ3) is 3.20. The predicted molar refractivity (Wildman–Crippen MR) is 84.8 cm³/mol. The van der Waals surface area contributed by atoms with Crippen LogP contribution in [0.2, 0.25) is 0 Å². The van der Waals surface area contributed by atoms with Crippen LogP contribution in [-0.2, 0) is 4.74 Å². The summed E-state index contributed by atoms with van der Waals surface area (Å²) in [4.78, 5) is 2.65. The lowest BCUT2D eigenvalue weighted by molar-refractivity contribution is -0.204. The Morgan fingerprint density at radius 1 is 1.05 bits per heavy atom. The van der Waals surface area contributed by atoms with E-state index < -0.39 is 0 Å². The van der Waals surface area contributed by atoms with E-state index in [0.29, 0.717) is 0 Å². The van der Waals surface area contributed by atoms with Crippen molar-refractivity contribution in [2.75, 3.05) is 19.6 Å². The largest absolute Gasteiger partial charge is 0.367 e. The number of morpholine rings is 1. The van der Waals surface area contributed by atoms with Gasteiger partial charge in [-0.3, -0.25) is 4.90 Å². The quantitative estimate of drug-likeness (QED) is 0.846. The highest BCUT2D eigenvalue weighted by atomic mass is 16.5. The molecule has 0 amide bonds. The van der Waals surface area contributed by atoms with Crippen molar-refractivity contribution >= 4 is 0 Å². The van der Waals surface area contributed by atoms with E-state index in [1.165, 1.54) is 19.3 Å². The molecule has 0 bridgehead atoms. The Bertz CT molecular complexity index is 337. The summed E-state index contributed by atoms with van der Waals surface area (Å²) in [6, 6.07) is 0. The summed E-state index contributed by atoms with van der Waals surface area (Å²) >= 11 is 0. The van der Waals surface area contributed by atoms with Crippen molar-refractivity contribution in [3.63, 3.8) is 0 Å². The number of ether oxygens (including phenoxy) is 1. The van der Waals surface area contributed by atoms with Crippen molar-refractivity contribution in [1.82, 2.24) is 4.90 Å². The van der Waals surface area contributed by atoms with Crippen molar-refractivity contribution in [1.29, 1.82) is 0 Å². The fourth-order valence-electron chi connectivity index (χ4n) is 4.41. The molecule has 2 aliphatic rings. The lowest BCUT2D eigenvalue weighted by atomic mass is 9.69. The normalized spacial score (nSPS) is 41.5. The fraction of sp³-hybridized carbons (Fsp3) is 1.00. The summed E-state index contributed by atoms with van der Waals surface area (Å²) in [7, 11) is 0. The molecule has 0 aromatic rings. The molecule has 0 spiro atoms. The maximum atomic E-state index is 6.27. The van der Waals surface area contributed by atoms with Gasteiger partial charge in [0.15, 0.2) is 0 Å². The Kier molecular flexibility index (Phi) is 4.27. The number of hydrogen-bond acceptors (Lipinski definition) is 3. The Morgan fingerprint density at radius 2 is 1.60 bits per heavy atom. The van der Waals surface area contributed by atoms with Gasteiger partial charge in [-0.25, -0.2) is 0 Å². The Morgan fingerprint density at radius 3 is 2.05 bits per heavy atom. The first-order chi connectivity index (χ1) is 9.09. The predicted octanol–water partition coefficient (Wildman–Crippen LogP) is 3.03. The van der Waals surface area contributed by atoms with Gasteiger partial charge < -0.3 is 10.5 Å². The van der Waals surface area contributed by atoms with Gasteiger partial charge >= 0.3 is 0 Å². The van der Waals surface area contributed by atoms with Crippen molar-refractivity contribution in [3.05, 3.63) is 0 Å². The summed E-state index contributed by atoms with van der Waals surface area (Å²) < 4.78 is 6.24. The Hall–Kier alpha value is -0.120. The zero-order valence-electron chi connectivity index (χ0n) is 14.3. The monoisotopic (exact) mass is 282 g/mol. The molecule has 3 heteroatoms. The van der Waals surface area contributed by atoms with Gasteiger partial charge in [-0.1, -0.05) is 13.8 Å². The summed E-state index contributed by atoms with van der Waals surface area (Å²) in [5.41, 5.74) is 6.28. The summed E-state index contributed by atoms with van der Waals surface area (Å²) in [6.45, 7) is 16.4. The van der Waals surface area contributed by atoms with E-state index in [2.05, 4.69) is 46.4 Å². The molecule has 3 atom stereocenters. The Labute approximate surface area is 125 Å². The van der Waals surface area contributed by atoms with Crippen LogP contribution in [0, 0.1) is 11.8 Å². The summed E-state index contributed by atoms with van der Waals surface area (Å²) in [5.74, 6) is 1.60. The van der Waals surface area contributed by atoms with E-state index in [1.54, 1.807) is 0 Å². The standard InChI is InChI=1S/C17H34N2O/c1-13-7-8-17(10-18,9-14(13)2)19-11-15(3,4)20-16(5,6)12-19/h13-14H,7-12,18H2,1-6H3. The molecular formula is C17H34N2O. The second kappa shape index (κ2) is 5.26. The second-order valence-electron chi connectivity index (χ2n) is 8.60. The molecule has 20 heavy (non-hydrogen) atoms. The van der Waals surface area contributed by atoms with E-state index in [4.69, 9.17) is 10.5 Å². The molecule has 1 aliphatic carbocycles. The van der Waals surface area contributed by atoms with Crippen LogP contribution in [0.3, 0.4) is 0 Å². The second-order valence-corrected chi connectivity index (χ2v) is 8.60. The molecule has 2 fully saturated rings. The van der Waals surface area contributed by atoms with E-state index in [9.17, 15) is 0 Å². The third-order valence-corrected chi connectivity index (χ3v) is 5.49. The minimum atomic E-state index is -0.0871. The molecular weight excluding hydrogens is 248 g/mol. The molecule has 1 heterocycles. The van der Waals surface area contributed by atoms with Gasteiger partial charge in [-0.05, 0) is 58.8 Å². The highest BCUT2D eigenvalue weighted by Crippen LogP contribution is 2.42. The van der Waals surface area contributed by atoms with Crippen LogP contribution in [0.1, 0.15) is 60.8 Å². The molecule has 0 aromatic heterocycles. The van der Waals surface area contributed by atoms with Gasteiger partial charge in [0.2, 0.25) is 0 Å². The SMILES string of the molecule is CC1CCC(CN)(N2CC(C)(C)OC(C)(C)C2)CC1C. The molecule has 2 N–H and O–H groups in total. The summed E-state index contributed by atoms with van der Waals surface area (Å²) in [5, 5.41) is 0. The first-order valence-electron chi connectivity index (χ1n) is 8.24. The van der Waals surface area contributed by atoms with Gasteiger partial charge in [0.25, 0.3) is 0 Å². The number of nitrogens with zero attached hydrogens (tertiary/aromatic N) is 1. The molecule has 2 rings (SSSR count). The molecule has 0 radical (unpaired) electrons. The van der Waals surface area contributed by atoms with Gasteiger partial charge in [0, 0.05) is 25.2 Å². The van der Waals surface area contributed by atoms with Crippen LogP contribution < -0.4 is 5.73 Å². The third-order valence-electron chi connectivity index (χ3n) is 5.49. The first kappa shape index (κ1) is 16.3. The van der Waals surface area contributed by atoms with E-state index >= 15 is 0 Å². The number of hydrogen-bond donors (Lipinski definition) is 1. The molecule has 1 saturated carbocycles. The lowest BCUT2D eigenvalue weighted by Gasteiger charge is -2.57. The average Bonchev–Trinajstić information content (AvgIpc) is 2.29. The van der Waals surface area contributed by atoms with Crippen LogP contribution in [0.15, 0.2) is 0 Å². The highest BCUT2D eigenvalue weighted by molar-refractivity contribution is 5.02. The van der Waals surface area contributed by atoms with E-state index in [0.717, 1.165) is 31.5 Å². The van der Waals surface area contributed by atoms with Gasteiger partial charge in [-0.15, -0.1) is 0 Å². The molecule has 1 saturated heterocycles. The molecule has 0 aromatic carbocycles. The van der Waals surface area contributed by atoms with Crippen LogP contribution in [0.4, 0.5) is 0 Å². The van der Waals surface area contributed by atoms with Gasteiger partial charge in [0.1, 0.15) is 0 Å². The van der Waals surface area contributed by atoms with Crippen molar-refractivity contribution in [2.45, 2.75) is 77.5 Å². The van der Waals surface area contributed by atoms with Crippen LogP contribution in [-0.4, -0.2) is 41.3 Å². The highest BCUT2D eigenvalue weighted by Gasteiger charge is 2.48. The topological polar surface area (TPSA) is 38.5 Å². The Balaban J connectivity index is 2.22. The zero-order valence-corrected chi connectivity index (χ0v) is 14.3. The first-order valence-corrected chi connectivity index (χ1v) is 8.24. The lowest BCUT2D eigenvalue weighted by Crippen LogP contribution is -2.67. The maximum absolute atomic E-state index is 6.27. The molecule has 118 valence electrons. The number of rotatable bonds is 2. The van der Waals surface area contributed by atoms with Crippen LogP contribution in [0.25, 0.3) is 0 Å². The fourth-order valence-corrected chi connectivity index (χ4v) is 4.41. The minimum absolute atomic E-state index is 0.0871. The maximum Gasteiger partial charge on any atom is 0.0761 e. The molecule has 3 nitrogen and oxygen atoms in total. The van der Waals surface area contributed by atoms with Crippen LogP contribution in [0.5, 0.6) is 0 Å². The smallest absolute Gasteiger partial charge is 0.0761 e. The number of nitrogens with two attached hydrogens (primary N) is 1. The molecule has 1 aliphatic heterocycles. The van der Waals surface area contributed by atoms with Crippen molar-refractivity contribution in [2.24, 2.45) is 17.6 Å². The van der Waals surface area contributed by atoms with E-state index in [1.807, 2.05) is 0 Å². The van der Waals surface area contributed by atoms with Gasteiger partial charge in [-0.2, -0.15) is 0 Å². The van der Waals surface area contributed by atoms with Gasteiger partial charge in [0.05, 0.1) is 11.2 Å². The summed E-state index contributed by atoms with van der Waals surface area (Å²) in [6.07, 6.45) is 3.77. The zero-order chi connectivity index (χ0) is 15.2.